The van der Waals surface area contributed by atoms with E-state index < -0.39 is 8.32 Å². The van der Waals surface area contributed by atoms with E-state index in [1.807, 2.05) is 115 Å². The number of pyridine rings is 2. The average molecular weight is 536 g/mol. The van der Waals surface area contributed by atoms with Gasteiger partial charge in [-0.05, 0) is 40.7 Å². The highest BCUT2D eigenvalue weighted by molar-refractivity contribution is 7.05. The second kappa shape index (κ2) is 9.93. The van der Waals surface area contributed by atoms with Crippen molar-refractivity contribution in [1.29, 1.82) is 0 Å². The van der Waals surface area contributed by atoms with Crippen molar-refractivity contribution in [3.8, 4) is 17.4 Å². The summed E-state index contributed by atoms with van der Waals surface area (Å²) in [6.45, 7) is 0. The number of ether oxygens (including phenoxy) is 1. The molecule has 0 unspecified atom stereocenters. The Morgan fingerprint density at radius 2 is 1.12 bits per heavy atom. The zero-order valence-electron chi connectivity index (χ0n) is 21.6. The van der Waals surface area contributed by atoms with Gasteiger partial charge in [-0.15, -0.1) is 0 Å². The van der Waals surface area contributed by atoms with Gasteiger partial charge in [-0.1, -0.05) is 103 Å². The summed E-state index contributed by atoms with van der Waals surface area (Å²) in [5.74, 6) is 0.811. The van der Waals surface area contributed by atoms with Gasteiger partial charge in [0.2, 0.25) is 11.8 Å². The van der Waals surface area contributed by atoms with Crippen LogP contribution < -0.4 is 20.4 Å². The Morgan fingerprint density at radius 1 is 0.525 bits per heavy atom. The van der Waals surface area contributed by atoms with Crippen LogP contribution in [-0.2, 0) is 0 Å². The van der Waals surface area contributed by atoms with Crippen molar-refractivity contribution < 1.29 is 9.53 Å². The third-order valence-corrected chi connectivity index (χ3v) is 10.6. The lowest BCUT2D eigenvalue weighted by Crippen LogP contribution is -2.68. The minimum atomic E-state index is -3.36. The van der Waals surface area contributed by atoms with Crippen LogP contribution in [0.2, 0.25) is 0 Å². The molecule has 0 saturated carbocycles. The van der Waals surface area contributed by atoms with Crippen LogP contribution in [0, 0.1) is 0 Å². The molecular formula is C34H25N3O2Si. The molecular weight excluding hydrogens is 510 g/mol. The van der Waals surface area contributed by atoms with Gasteiger partial charge in [0.15, 0.2) is 0 Å². The maximum atomic E-state index is 12.3. The lowest BCUT2D eigenvalue weighted by Gasteiger charge is -2.26. The van der Waals surface area contributed by atoms with Crippen LogP contribution in [0.1, 0.15) is 0 Å². The number of rotatable bonds is 6. The standard InChI is InChI=1S/C34H25N3O2Si/c38-40(26-15-6-2-7-16-26,27-17-8-3-9-18-27)33-22-12-21-31(35-33)39-32-24-23-29-28-19-10-11-20-30(28)37(34(29)36-32)25-13-4-1-5-14-25/h1-24,38H. The predicted octanol–water partition coefficient (Wildman–Crippen LogP) is 5.33. The molecule has 0 saturated heterocycles. The van der Waals surface area contributed by atoms with E-state index in [1.54, 1.807) is 6.07 Å². The van der Waals surface area contributed by atoms with Gasteiger partial charge in [0.25, 0.3) is 0 Å². The van der Waals surface area contributed by atoms with Gasteiger partial charge in [0.05, 0.1) is 10.8 Å². The van der Waals surface area contributed by atoms with Crippen molar-refractivity contribution >= 4 is 45.9 Å². The first kappa shape index (κ1) is 24.0. The molecule has 0 aliphatic heterocycles. The molecule has 7 rings (SSSR count). The minimum Gasteiger partial charge on any atom is -0.421 e. The molecule has 3 aromatic heterocycles. The van der Waals surface area contributed by atoms with Gasteiger partial charge in [0, 0.05) is 28.6 Å². The Kier molecular flexibility index (Phi) is 5.96. The summed E-state index contributed by atoms with van der Waals surface area (Å²) in [5.41, 5.74) is 2.91. The molecule has 192 valence electrons. The topological polar surface area (TPSA) is 60.2 Å². The summed E-state index contributed by atoms with van der Waals surface area (Å²) >= 11 is 0. The van der Waals surface area contributed by atoms with E-state index in [9.17, 15) is 4.80 Å². The summed E-state index contributed by atoms with van der Waals surface area (Å²) in [6.07, 6.45) is 0. The molecule has 0 aliphatic rings. The summed E-state index contributed by atoms with van der Waals surface area (Å²) in [6, 6.07) is 47.5. The smallest absolute Gasteiger partial charge is 0.304 e. The molecule has 0 radical (unpaired) electrons. The minimum absolute atomic E-state index is 0.379. The predicted molar refractivity (Wildman–Crippen MR) is 163 cm³/mol. The van der Waals surface area contributed by atoms with Gasteiger partial charge in [-0.3, -0.25) is 4.57 Å². The second-order valence-corrected chi connectivity index (χ2v) is 12.7. The highest BCUT2D eigenvalue weighted by Crippen LogP contribution is 2.32. The summed E-state index contributed by atoms with van der Waals surface area (Å²) in [5, 5.41) is 4.49. The van der Waals surface area contributed by atoms with Crippen LogP contribution in [0.4, 0.5) is 0 Å². The van der Waals surface area contributed by atoms with Crippen LogP contribution >= 0.6 is 0 Å². The molecule has 0 atom stereocenters. The fourth-order valence-corrected chi connectivity index (χ4v) is 8.20. The van der Waals surface area contributed by atoms with E-state index in [4.69, 9.17) is 14.7 Å². The summed E-state index contributed by atoms with van der Waals surface area (Å²) < 4.78 is 8.41. The van der Waals surface area contributed by atoms with Gasteiger partial charge >= 0.3 is 8.32 Å². The van der Waals surface area contributed by atoms with Crippen molar-refractivity contribution in [2.45, 2.75) is 0 Å². The van der Waals surface area contributed by atoms with Gasteiger partial charge < -0.3 is 9.53 Å². The summed E-state index contributed by atoms with van der Waals surface area (Å²) in [4.78, 5) is 22.1. The number of hydrogen-bond donors (Lipinski definition) is 1. The first-order valence-electron chi connectivity index (χ1n) is 13.2. The summed E-state index contributed by atoms with van der Waals surface area (Å²) in [7, 11) is -3.36. The fraction of sp³-hybridized carbons (Fsp3) is 0. The molecule has 6 heteroatoms. The Morgan fingerprint density at radius 3 is 1.82 bits per heavy atom. The molecule has 40 heavy (non-hydrogen) atoms. The highest BCUT2D eigenvalue weighted by Gasteiger charge is 2.40. The molecule has 0 bridgehead atoms. The van der Waals surface area contributed by atoms with Crippen LogP contribution in [0.25, 0.3) is 27.6 Å². The fourth-order valence-electron chi connectivity index (χ4n) is 5.32. The van der Waals surface area contributed by atoms with Gasteiger partial charge in [0.1, 0.15) is 5.65 Å². The van der Waals surface area contributed by atoms with Crippen molar-refractivity contribution in [2.75, 3.05) is 0 Å². The molecule has 0 amide bonds. The lowest BCUT2D eigenvalue weighted by atomic mass is 10.2. The third kappa shape index (κ3) is 4.07. The van der Waals surface area contributed by atoms with E-state index >= 15 is 0 Å². The van der Waals surface area contributed by atoms with E-state index in [0.717, 1.165) is 38.0 Å². The van der Waals surface area contributed by atoms with Gasteiger partial charge in [-0.25, -0.2) is 4.98 Å². The number of fused-ring (bicyclic) bond motifs is 3. The third-order valence-electron chi connectivity index (χ3n) is 7.20. The SMILES string of the molecule is O[Si](c1ccccc1)(c1ccccc1)c1cccc(Oc2ccc3c4ccccc4n(-c4ccccc4)c3n2)n1. The van der Waals surface area contributed by atoms with Crippen LogP contribution in [-0.4, -0.2) is 27.6 Å². The van der Waals surface area contributed by atoms with Gasteiger partial charge in [-0.2, -0.15) is 4.98 Å². The Labute approximate surface area is 232 Å². The highest BCUT2D eigenvalue weighted by atomic mass is 28.4. The van der Waals surface area contributed by atoms with Crippen LogP contribution in [0.5, 0.6) is 11.8 Å². The quantitative estimate of drug-likeness (QED) is 0.293. The Bertz CT molecular complexity index is 1900. The maximum absolute atomic E-state index is 12.3. The number of hydrogen-bond acceptors (Lipinski definition) is 4. The normalized spacial score (nSPS) is 11.6. The largest absolute Gasteiger partial charge is 0.421 e. The lowest BCUT2D eigenvalue weighted by molar-refractivity contribution is 0.446. The van der Waals surface area contributed by atoms with Crippen molar-refractivity contribution in [3.05, 3.63) is 146 Å². The maximum Gasteiger partial charge on any atom is 0.304 e. The molecule has 0 aliphatic carbocycles. The zero-order chi connectivity index (χ0) is 26.9. The van der Waals surface area contributed by atoms with Crippen LogP contribution in [0.15, 0.2) is 146 Å². The Balaban J connectivity index is 1.33. The van der Waals surface area contributed by atoms with Crippen molar-refractivity contribution in [3.63, 3.8) is 0 Å². The monoisotopic (exact) mass is 535 g/mol. The molecule has 3 heterocycles. The van der Waals surface area contributed by atoms with E-state index in [1.165, 1.54) is 0 Å². The second-order valence-electron chi connectivity index (χ2n) is 9.61. The van der Waals surface area contributed by atoms with Crippen LogP contribution in [0.3, 0.4) is 0 Å². The molecule has 7 aromatic rings. The zero-order valence-corrected chi connectivity index (χ0v) is 22.6. The number of benzene rings is 4. The first-order valence-corrected chi connectivity index (χ1v) is 15.1. The van der Waals surface area contributed by atoms with E-state index in [-0.39, 0.29) is 0 Å². The number of aromatic nitrogens is 3. The number of nitrogens with zero attached hydrogens (tertiary/aromatic N) is 3. The Hall–Kier alpha value is -5.04. The average Bonchev–Trinajstić information content (AvgIpc) is 3.35. The first-order chi connectivity index (χ1) is 19.7. The molecule has 1 N–H and O–H groups in total. The van der Waals surface area contributed by atoms with Crippen molar-refractivity contribution in [1.82, 2.24) is 14.5 Å². The molecule has 4 aromatic carbocycles. The molecule has 0 fully saturated rings. The van der Waals surface area contributed by atoms with E-state index in [0.29, 0.717) is 17.1 Å². The molecule has 5 nitrogen and oxygen atoms in total. The number of para-hydroxylation sites is 2. The van der Waals surface area contributed by atoms with Crippen molar-refractivity contribution in [2.24, 2.45) is 0 Å². The molecule has 0 spiro atoms. The van der Waals surface area contributed by atoms with E-state index in [2.05, 4.69) is 28.8 Å².